The number of hydrogen-bond donors (Lipinski definition) is 2. The predicted octanol–water partition coefficient (Wildman–Crippen LogP) is 2.34. The van der Waals surface area contributed by atoms with Crippen LogP contribution in [0.1, 0.15) is 42.2 Å². The predicted molar refractivity (Wildman–Crippen MR) is 99.5 cm³/mol. The van der Waals surface area contributed by atoms with Gasteiger partial charge in [-0.25, -0.2) is 13.8 Å². The summed E-state index contributed by atoms with van der Waals surface area (Å²) in [6, 6.07) is 9.76. The Morgan fingerprint density at radius 1 is 1.15 bits per heavy atom. The number of carbonyl (C=O) groups is 1. The smallest absolute Gasteiger partial charge is 0.271 e. The van der Waals surface area contributed by atoms with Crippen LogP contribution in [0.5, 0.6) is 0 Å². The van der Waals surface area contributed by atoms with Crippen LogP contribution in [0.3, 0.4) is 0 Å². The van der Waals surface area contributed by atoms with E-state index in [1.165, 1.54) is 16.4 Å². The molecule has 138 valence electrons. The molecule has 0 bridgehead atoms. The number of rotatable bonds is 5. The molecule has 0 radical (unpaired) electrons. The van der Waals surface area contributed by atoms with E-state index < -0.39 is 15.9 Å². The fourth-order valence-corrected chi connectivity index (χ4v) is 4.43. The van der Waals surface area contributed by atoms with Crippen molar-refractivity contribution in [1.82, 2.24) is 14.7 Å². The number of H-pyrrole nitrogens is 1. The Balaban J connectivity index is 1.76. The highest BCUT2D eigenvalue weighted by Gasteiger charge is 2.26. The van der Waals surface area contributed by atoms with Crippen molar-refractivity contribution in [2.24, 2.45) is 5.10 Å². The van der Waals surface area contributed by atoms with E-state index in [1.807, 2.05) is 12.1 Å². The number of amides is 1. The third-order valence-electron chi connectivity index (χ3n) is 4.36. The molecule has 2 heterocycles. The molecule has 1 aromatic heterocycles. The monoisotopic (exact) mass is 374 g/mol. The van der Waals surface area contributed by atoms with Gasteiger partial charge in [-0.05, 0) is 50.1 Å². The van der Waals surface area contributed by atoms with Crippen LogP contribution < -0.4 is 5.43 Å². The SMILES string of the molecule is C/C(=N/NC(=O)c1cccc(S(=O)(=O)N2CCCCC2)c1)c1ccc[nH]1. The molecule has 8 heteroatoms. The van der Waals surface area contributed by atoms with Crippen LogP contribution in [0.4, 0.5) is 0 Å². The third kappa shape index (κ3) is 4.03. The van der Waals surface area contributed by atoms with Gasteiger partial charge in [0.25, 0.3) is 5.91 Å². The van der Waals surface area contributed by atoms with Crippen molar-refractivity contribution >= 4 is 21.6 Å². The van der Waals surface area contributed by atoms with E-state index in [1.54, 1.807) is 25.3 Å². The zero-order valence-corrected chi connectivity index (χ0v) is 15.4. The Hall–Kier alpha value is -2.45. The third-order valence-corrected chi connectivity index (χ3v) is 6.26. The van der Waals surface area contributed by atoms with Gasteiger partial charge in [0.15, 0.2) is 0 Å². The number of piperidine rings is 1. The molecule has 0 atom stereocenters. The van der Waals surface area contributed by atoms with Crippen LogP contribution in [0.25, 0.3) is 0 Å². The van der Waals surface area contributed by atoms with Gasteiger partial charge in [0.2, 0.25) is 10.0 Å². The van der Waals surface area contributed by atoms with Crippen LogP contribution in [0.15, 0.2) is 52.6 Å². The van der Waals surface area contributed by atoms with Gasteiger partial charge in [-0.1, -0.05) is 12.5 Å². The average Bonchev–Trinajstić information content (AvgIpc) is 3.21. The van der Waals surface area contributed by atoms with Crippen LogP contribution in [-0.2, 0) is 10.0 Å². The van der Waals surface area contributed by atoms with E-state index in [9.17, 15) is 13.2 Å². The first-order valence-electron chi connectivity index (χ1n) is 8.57. The summed E-state index contributed by atoms with van der Waals surface area (Å²) in [5.41, 5.74) is 4.14. The molecule has 0 spiro atoms. The van der Waals surface area contributed by atoms with E-state index in [2.05, 4.69) is 15.5 Å². The van der Waals surface area contributed by atoms with Crippen LogP contribution in [0, 0.1) is 0 Å². The van der Waals surface area contributed by atoms with Crippen LogP contribution in [-0.4, -0.2) is 42.4 Å². The molecule has 1 aromatic carbocycles. The number of carbonyl (C=O) groups excluding carboxylic acids is 1. The summed E-state index contributed by atoms with van der Waals surface area (Å²) in [4.78, 5) is 15.5. The maximum Gasteiger partial charge on any atom is 0.271 e. The number of aromatic nitrogens is 1. The van der Waals surface area contributed by atoms with Crippen molar-refractivity contribution in [3.63, 3.8) is 0 Å². The van der Waals surface area contributed by atoms with Gasteiger partial charge in [0.05, 0.1) is 16.3 Å². The molecule has 1 aliphatic heterocycles. The van der Waals surface area contributed by atoms with Gasteiger partial charge in [-0.3, -0.25) is 4.79 Å². The standard InChI is InChI=1S/C18H22N4O3S/c1-14(17-9-6-10-19-17)20-21-18(23)15-7-5-8-16(13-15)26(24,25)22-11-3-2-4-12-22/h5-10,13,19H,2-4,11-12H2,1H3,(H,21,23)/b20-14-. The highest BCUT2D eigenvalue weighted by Crippen LogP contribution is 2.21. The molecule has 1 fully saturated rings. The fraction of sp³-hybridized carbons (Fsp3) is 0.333. The molecule has 0 unspecified atom stereocenters. The van der Waals surface area contributed by atoms with Crippen molar-refractivity contribution in [3.8, 4) is 0 Å². The lowest BCUT2D eigenvalue weighted by Crippen LogP contribution is -2.35. The molecule has 1 amide bonds. The topological polar surface area (TPSA) is 94.6 Å². The van der Waals surface area contributed by atoms with Crippen molar-refractivity contribution in [3.05, 3.63) is 53.9 Å². The lowest BCUT2D eigenvalue weighted by atomic mass is 10.2. The molecule has 2 aromatic rings. The first-order chi connectivity index (χ1) is 12.5. The molecule has 7 nitrogen and oxygen atoms in total. The van der Waals surface area contributed by atoms with Gasteiger partial charge in [0.1, 0.15) is 0 Å². The van der Waals surface area contributed by atoms with Crippen molar-refractivity contribution in [2.45, 2.75) is 31.1 Å². The summed E-state index contributed by atoms with van der Waals surface area (Å²) in [7, 11) is -3.57. The number of hydrogen-bond acceptors (Lipinski definition) is 4. The molecule has 26 heavy (non-hydrogen) atoms. The van der Waals surface area contributed by atoms with Crippen LogP contribution >= 0.6 is 0 Å². The zero-order chi connectivity index (χ0) is 18.6. The number of benzene rings is 1. The van der Waals surface area contributed by atoms with E-state index in [0.29, 0.717) is 18.8 Å². The van der Waals surface area contributed by atoms with E-state index in [-0.39, 0.29) is 10.5 Å². The maximum atomic E-state index is 12.7. The summed E-state index contributed by atoms with van der Waals surface area (Å²) in [6.07, 6.45) is 4.55. The second-order valence-corrected chi connectivity index (χ2v) is 8.15. The molecule has 0 aliphatic carbocycles. The Morgan fingerprint density at radius 3 is 2.62 bits per heavy atom. The number of sulfonamides is 1. The molecular formula is C18H22N4O3S. The summed E-state index contributed by atoms with van der Waals surface area (Å²) in [5, 5.41) is 4.05. The first kappa shape index (κ1) is 18.3. The number of aromatic amines is 1. The van der Waals surface area contributed by atoms with Gasteiger partial charge in [-0.2, -0.15) is 9.41 Å². The van der Waals surface area contributed by atoms with E-state index in [4.69, 9.17) is 0 Å². The van der Waals surface area contributed by atoms with Crippen LogP contribution in [0.2, 0.25) is 0 Å². The minimum Gasteiger partial charge on any atom is -0.360 e. The summed E-state index contributed by atoms with van der Waals surface area (Å²) in [5.74, 6) is -0.452. The summed E-state index contributed by atoms with van der Waals surface area (Å²) < 4.78 is 27.0. The van der Waals surface area contributed by atoms with Gasteiger partial charge >= 0.3 is 0 Å². The van der Waals surface area contributed by atoms with Gasteiger partial charge < -0.3 is 4.98 Å². The van der Waals surface area contributed by atoms with Crippen molar-refractivity contribution in [1.29, 1.82) is 0 Å². The Bertz CT molecular complexity index is 898. The fourth-order valence-electron chi connectivity index (χ4n) is 2.87. The Labute approximate surface area is 153 Å². The first-order valence-corrected chi connectivity index (χ1v) is 10.0. The van der Waals surface area contributed by atoms with Crippen molar-refractivity contribution in [2.75, 3.05) is 13.1 Å². The normalized spacial score (nSPS) is 16.4. The lowest BCUT2D eigenvalue weighted by molar-refractivity contribution is 0.0954. The second-order valence-electron chi connectivity index (χ2n) is 6.21. The summed E-state index contributed by atoms with van der Waals surface area (Å²) in [6.45, 7) is 2.82. The van der Waals surface area contributed by atoms with Gasteiger partial charge in [0, 0.05) is 24.8 Å². The van der Waals surface area contributed by atoms with E-state index in [0.717, 1.165) is 25.0 Å². The largest absolute Gasteiger partial charge is 0.360 e. The molecule has 1 aliphatic rings. The van der Waals surface area contributed by atoms with Gasteiger partial charge in [-0.15, -0.1) is 0 Å². The number of nitrogens with one attached hydrogen (secondary N) is 2. The second kappa shape index (κ2) is 7.84. The van der Waals surface area contributed by atoms with Crippen molar-refractivity contribution < 1.29 is 13.2 Å². The molecule has 0 saturated carbocycles. The molecular weight excluding hydrogens is 352 g/mol. The molecule has 2 N–H and O–H groups in total. The highest BCUT2D eigenvalue weighted by molar-refractivity contribution is 7.89. The highest BCUT2D eigenvalue weighted by atomic mass is 32.2. The zero-order valence-electron chi connectivity index (χ0n) is 14.6. The Morgan fingerprint density at radius 2 is 1.92 bits per heavy atom. The summed E-state index contributed by atoms with van der Waals surface area (Å²) >= 11 is 0. The minimum atomic E-state index is -3.57. The number of hydrazone groups is 1. The lowest BCUT2D eigenvalue weighted by Gasteiger charge is -2.25. The quantitative estimate of drug-likeness (QED) is 0.621. The molecule has 1 saturated heterocycles. The Kier molecular flexibility index (Phi) is 5.53. The maximum absolute atomic E-state index is 12.7. The molecule has 3 rings (SSSR count). The minimum absolute atomic E-state index is 0.136. The van der Waals surface area contributed by atoms with E-state index >= 15 is 0 Å². The average molecular weight is 374 g/mol. The number of nitrogens with zero attached hydrogens (tertiary/aromatic N) is 2.